The molecule has 1 atom stereocenters. The molecule has 1 amide bonds. The van der Waals surface area contributed by atoms with E-state index in [2.05, 4.69) is 0 Å². The van der Waals surface area contributed by atoms with Gasteiger partial charge in [0.1, 0.15) is 6.61 Å². The van der Waals surface area contributed by atoms with Crippen molar-refractivity contribution < 1.29 is 22.7 Å². The zero-order valence-electron chi connectivity index (χ0n) is 17.7. The smallest absolute Gasteiger partial charge is 0.253 e. The summed E-state index contributed by atoms with van der Waals surface area (Å²) in [6.07, 6.45) is 3.63. The molecule has 0 aromatic heterocycles. The zero-order valence-corrected chi connectivity index (χ0v) is 18.5. The maximum absolute atomic E-state index is 12.9. The summed E-state index contributed by atoms with van der Waals surface area (Å²) in [4.78, 5) is 14.6. The summed E-state index contributed by atoms with van der Waals surface area (Å²) in [7, 11) is -1.82. The third-order valence-corrected chi connectivity index (χ3v) is 7.61. The molecule has 7 nitrogen and oxygen atoms in total. The maximum Gasteiger partial charge on any atom is 0.253 e. The molecule has 0 bridgehead atoms. The van der Waals surface area contributed by atoms with Gasteiger partial charge in [-0.15, -0.1) is 0 Å². The molecule has 1 saturated heterocycles. The number of amides is 1. The molecule has 166 valence electrons. The maximum atomic E-state index is 12.9. The summed E-state index contributed by atoms with van der Waals surface area (Å²) in [5.41, 5.74) is 0.439. The molecule has 2 aromatic carbocycles. The predicted octanol–water partition coefficient (Wildman–Crippen LogP) is 3.16. The number of sulfonamides is 1. The van der Waals surface area contributed by atoms with Gasteiger partial charge in [-0.05, 0) is 49.2 Å². The van der Waals surface area contributed by atoms with Gasteiger partial charge in [-0.1, -0.05) is 25.0 Å². The number of carbonyl (C=O) groups is 1. The molecule has 0 radical (unpaired) electrons. The highest BCUT2D eigenvalue weighted by atomic mass is 32.2. The fourth-order valence-corrected chi connectivity index (χ4v) is 5.48. The van der Waals surface area contributed by atoms with E-state index < -0.39 is 10.0 Å². The highest BCUT2D eigenvalue weighted by Crippen LogP contribution is 2.31. The van der Waals surface area contributed by atoms with Crippen molar-refractivity contribution in [3.05, 3.63) is 54.1 Å². The second-order valence-corrected chi connectivity index (χ2v) is 9.96. The van der Waals surface area contributed by atoms with E-state index in [1.165, 1.54) is 12.1 Å². The van der Waals surface area contributed by atoms with E-state index in [0.29, 0.717) is 43.3 Å². The summed E-state index contributed by atoms with van der Waals surface area (Å²) < 4.78 is 39.0. The van der Waals surface area contributed by atoms with Gasteiger partial charge in [0, 0.05) is 25.7 Å². The summed E-state index contributed by atoms with van der Waals surface area (Å²) in [5, 5.41) is 0. The van der Waals surface area contributed by atoms with Crippen LogP contribution in [0.1, 0.15) is 36.0 Å². The zero-order chi connectivity index (χ0) is 21.8. The van der Waals surface area contributed by atoms with Crippen LogP contribution in [0.15, 0.2) is 53.4 Å². The monoisotopic (exact) mass is 444 g/mol. The molecule has 2 heterocycles. The Bertz CT molecular complexity index is 1010. The van der Waals surface area contributed by atoms with Crippen LogP contribution in [-0.2, 0) is 10.0 Å². The molecule has 2 aliphatic heterocycles. The Morgan fingerprint density at radius 1 is 1.00 bits per heavy atom. The molecular weight excluding hydrogens is 416 g/mol. The van der Waals surface area contributed by atoms with Gasteiger partial charge in [0.15, 0.2) is 17.6 Å². The van der Waals surface area contributed by atoms with Crippen molar-refractivity contribution in [2.24, 2.45) is 0 Å². The highest BCUT2D eigenvalue weighted by molar-refractivity contribution is 7.89. The molecule has 0 N–H and O–H groups in total. The Labute approximate surface area is 183 Å². The molecule has 2 aliphatic rings. The third-order valence-electron chi connectivity index (χ3n) is 5.70. The van der Waals surface area contributed by atoms with Crippen molar-refractivity contribution in [1.82, 2.24) is 9.21 Å². The van der Waals surface area contributed by atoms with Crippen molar-refractivity contribution in [2.45, 2.75) is 36.7 Å². The van der Waals surface area contributed by atoms with Gasteiger partial charge in [-0.2, -0.15) is 4.31 Å². The Kier molecular flexibility index (Phi) is 6.48. The van der Waals surface area contributed by atoms with Crippen molar-refractivity contribution in [1.29, 1.82) is 0 Å². The van der Waals surface area contributed by atoms with Crippen molar-refractivity contribution in [3.63, 3.8) is 0 Å². The van der Waals surface area contributed by atoms with Crippen LogP contribution in [0.2, 0.25) is 0 Å². The quantitative estimate of drug-likeness (QED) is 0.708. The lowest BCUT2D eigenvalue weighted by molar-refractivity contribution is 0.0521. The fourth-order valence-electron chi connectivity index (χ4n) is 3.96. The number of ether oxygens (including phenoxy) is 2. The Morgan fingerprint density at radius 2 is 1.65 bits per heavy atom. The Hall–Kier alpha value is -2.58. The SMILES string of the molecule is CN(C[C@H]1COc2ccccc2O1)C(=O)c1ccc(S(=O)(=O)N2CCCCCC2)cc1. The summed E-state index contributed by atoms with van der Waals surface area (Å²) in [6.45, 7) is 1.83. The molecule has 8 heteroatoms. The Morgan fingerprint density at radius 3 is 2.32 bits per heavy atom. The molecule has 0 spiro atoms. The van der Waals surface area contributed by atoms with Crippen molar-refractivity contribution >= 4 is 15.9 Å². The van der Waals surface area contributed by atoms with Gasteiger partial charge in [-0.3, -0.25) is 4.79 Å². The Balaban J connectivity index is 1.40. The van der Waals surface area contributed by atoms with E-state index in [9.17, 15) is 13.2 Å². The first-order valence-corrected chi connectivity index (χ1v) is 12.1. The van der Waals surface area contributed by atoms with Crippen molar-refractivity contribution in [3.8, 4) is 11.5 Å². The van der Waals surface area contributed by atoms with E-state index in [4.69, 9.17) is 9.47 Å². The van der Waals surface area contributed by atoms with Crippen LogP contribution < -0.4 is 9.47 Å². The lowest BCUT2D eigenvalue weighted by Gasteiger charge is -2.29. The largest absolute Gasteiger partial charge is 0.486 e. The number of rotatable bonds is 5. The topological polar surface area (TPSA) is 76.1 Å². The van der Waals surface area contributed by atoms with Gasteiger partial charge < -0.3 is 14.4 Å². The van der Waals surface area contributed by atoms with Crippen LogP contribution in [0.3, 0.4) is 0 Å². The van der Waals surface area contributed by atoms with E-state index in [1.54, 1.807) is 28.4 Å². The van der Waals surface area contributed by atoms with Gasteiger partial charge >= 0.3 is 0 Å². The predicted molar refractivity (Wildman–Crippen MR) is 117 cm³/mol. The number of benzene rings is 2. The van der Waals surface area contributed by atoms with Crippen LogP contribution in [-0.4, -0.2) is 62.9 Å². The second-order valence-electron chi connectivity index (χ2n) is 8.03. The summed E-state index contributed by atoms with van der Waals surface area (Å²) >= 11 is 0. The molecule has 2 aromatic rings. The number of hydrogen-bond acceptors (Lipinski definition) is 5. The molecule has 0 aliphatic carbocycles. The van der Waals surface area contributed by atoms with Crippen molar-refractivity contribution in [2.75, 3.05) is 33.3 Å². The average Bonchev–Trinajstić information content (AvgIpc) is 3.09. The second kappa shape index (κ2) is 9.28. The standard InChI is InChI=1S/C23H28N2O5S/c1-24(16-19-17-29-21-8-4-5-9-22(21)30-19)23(26)18-10-12-20(13-11-18)31(27,28)25-14-6-2-3-7-15-25/h4-5,8-13,19H,2-3,6-7,14-17H2,1H3/t19-/m0/s1. The van der Waals surface area contributed by atoms with Crippen LogP contribution in [0.25, 0.3) is 0 Å². The lowest BCUT2D eigenvalue weighted by Crippen LogP contribution is -2.41. The van der Waals surface area contributed by atoms with E-state index in [-0.39, 0.29) is 16.9 Å². The lowest BCUT2D eigenvalue weighted by atomic mass is 10.2. The van der Waals surface area contributed by atoms with E-state index in [0.717, 1.165) is 25.7 Å². The minimum absolute atomic E-state index is 0.193. The first-order chi connectivity index (χ1) is 14.9. The van der Waals surface area contributed by atoms with Gasteiger partial charge in [0.2, 0.25) is 10.0 Å². The molecule has 31 heavy (non-hydrogen) atoms. The molecular formula is C23H28N2O5S. The van der Waals surface area contributed by atoms with Crippen LogP contribution in [0.4, 0.5) is 0 Å². The first kappa shape index (κ1) is 21.6. The molecule has 0 unspecified atom stereocenters. The van der Waals surface area contributed by atoms with Gasteiger partial charge in [0.05, 0.1) is 11.4 Å². The molecule has 1 fully saturated rings. The average molecular weight is 445 g/mol. The molecule has 0 saturated carbocycles. The third kappa shape index (κ3) is 4.85. The number of nitrogens with zero attached hydrogens (tertiary/aromatic N) is 2. The van der Waals surface area contributed by atoms with Gasteiger partial charge in [-0.25, -0.2) is 8.42 Å². The number of likely N-dealkylation sites (N-methyl/N-ethyl adjacent to an activating group) is 1. The van der Waals surface area contributed by atoms with Gasteiger partial charge in [0.25, 0.3) is 5.91 Å². The van der Waals surface area contributed by atoms with Crippen LogP contribution >= 0.6 is 0 Å². The molecule has 4 rings (SSSR count). The minimum atomic E-state index is -3.53. The number of fused-ring (bicyclic) bond motifs is 1. The van der Waals surface area contributed by atoms with E-state index in [1.807, 2.05) is 24.3 Å². The normalized spacial score (nSPS) is 19.5. The minimum Gasteiger partial charge on any atom is -0.486 e. The summed E-state index contributed by atoms with van der Waals surface area (Å²) in [5.74, 6) is 1.18. The van der Waals surface area contributed by atoms with E-state index >= 15 is 0 Å². The van der Waals surface area contributed by atoms with Crippen LogP contribution in [0.5, 0.6) is 11.5 Å². The fraction of sp³-hybridized carbons (Fsp3) is 0.435. The van der Waals surface area contributed by atoms with Crippen LogP contribution in [0, 0.1) is 0 Å². The first-order valence-electron chi connectivity index (χ1n) is 10.7. The highest BCUT2D eigenvalue weighted by Gasteiger charge is 2.27. The number of para-hydroxylation sites is 2. The number of carbonyl (C=O) groups excluding carboxylic acids is 1. The number of hydrogen-bond donors (Lipinski definition) is 0. The summed E-state index contributed by atoms with van der Waals surface area (Å²) in [6, 6.07) is 13.7.